The molecule has 0 N–H and O–H groups in total. The number of para-hydroxylation sites is 3. The first-order valence-corrected chi connectivity index (χ1v) is 8.77. The number of hydrogen-bond donors (Lipinski definition) is 0. The third-order valence-corrected chi connectivity index (χ3v) is 4.31. The van der Waals surface area contributed by atoms with E-state index in [0.29, 0.717) is 6.61 Å². The van der Waals surface area contributed by atoms with Gasteiger partial charge in [-0.25, -0.2) is 0 Å². The van der Waals surface area contributed by atoms with Gasteiger partial charge in [0, 0.05) is 22.3 Å². The monoisotopic (exact) mass is 360 g/mol. The zero-order valence-electron chi connectivity index (χ0n) is 14.9. The van der Waals surface area contributed by atoms with Crippen molar-refractivity contribution >= 4 is 0 Å². The van der Waals surface area contributed by atoms with Gasteiger partial charge in [-0.1, -0.05) is 67.3 Å². The van der Waals surface area contributed by atoms with Crippen molar-refractivity contribution in [2.24, 2.45) is 0 Å². The normalized spacial score (nSPS) is 12.9. The van der Waals surface area contributed by atoms with E-state index >= 15 is 0 Å². The Balaban J connectivity index is 1.98. The Bertz CT molecular complexity index is 881. The van der Waals surface area contributed by atoms with Crippen LogP contribution in [0.1, 0.15) is 0 Å². The summed E-state index contributed by atoms with van der Waals surface area (Å²) in [7, 11) is 0. The first-order valence-electron chi connectivity index (χ1n) is 8.77. The van der Waals surface area contributed by atoms with Gasteiger partial charge in [-0.2, -0.15) is 0 Å². The fraction of sp³-hybridized carbons (Fsp3) is 0.130. The van der Waals surface area contributed by atoms with Crippen LogP contribution in [0, 0.1) is 0 Å². The predicted octanol–water partition coefficient (Wildman–Crippen LogP) is 5.29. The molecule has 0 fully saturated rings. The molecule has 3 aromatic carbocycles. The molecule has 4 nitrogen and oxygen atoms in total. The van der Waals surface area contributed by atoms with Crippen LogP contribution in [-0.2, 0) is 4.74 Å². The summed E-state index contributed by atoms with van der Waals surface area (Å²) < 4.78 is 23.3. The minimum Gasteiger partial charge on any atom is -0.488 e. The molecule has 1 aliphatic rings. The van der Waals surface area contributed by atoms with Gasteiger partial charge in [-0.15, -0.1) is 0 Å². The second kappa shape index (κ2) is 7.98. The van der Waals surface area contributed by atoms with Gasteiger partial charge in [0.2, 0.25) is 0 Å². The Kier molecular flexibility index (Phi) is 5.08. The van der Waals surface area contributed by atoms with Gasteiger partial charge >= 0.3 is 0 Å². The van der Waals surface area contributed by atoms with Crippen LogP contribution < -0.4 is 14.2 Å². The first kappa shape index (κ1) is 17.2. The van der Waals surface area contributed by atoms with Gasteiger partial charge in [0.1, 0.15) is 23.9 Å². The van der Waals surface area contributed by atoms with Gasteiger partial charge in [-0.3, -0.25) is 0 Å². The summed E-state index contributed by atoms with van der Waals surface area (Å²) in [6.45, 7) is 4.38. The highest BCUT2D eigenvalue weighted by molar-refractivity contribution is 5.86. The van der Waals surface area contributed by atoms with Crippen LogP contribution in [0.25, 0.3) is 22.3 Å². The Morgan fingerprint density at radius 1 is 0.741 bits per heavy atom. The molecular formula is C23H20O4. The van der Waals surface area contributed by atoms with Gasteiger partial charge in [0.25, 0.3) is 0 Å². The summed E-state index contributed by atoms with van der Waals surface area (Å²) >= 11 is 0. The second-order valence-corrected chi connectivity index (χ2v) is 6.00. The summed E-state index contributed by atoms with van der Waals surface area (Å²) in [6.07, 6.45) is 1.74. The Morgan fingerprint density at radius 2 is 1.26 bits per heavy atom. The van der Waals surface area contributed by atoms with E-state index < -0.39 is 0 Å². The molecule has 0 radical (unpaired) electrons. The summed E-state index contributed by atoms with van der Waals surface area (Å²) in [4.78, 5) is 0. The van der Waals surface area contributed by atoms with E-state index in [0.717, 1.165) is 39.5 Å². The molecule has 0 aromatic heterocycles. The maximum atomic E-state index is 6.12. The number of benzene rings is 3. The van der Waals surface area contributed by atoms with Crippen molar-refractivity contribution in [2.45, 2.75) is 0 Å². The fourth-order valence-electron chi connectivity index (χ4n) is 3.13. The van der Waals surface area contributed by atoms with Crippen molar-refractivity contribution in [1.29, 1.82) is 0 Å². The molecule has 4 heteroatoms. The molecule has 2 bridgehead atoms. The zero-order chi connectivity index (χ0) is 18.5. The van der Waals surface area contributed by atoms with Gasteiger partial charge in [0.05, 0.1) is 0 Å². The van der Waals surface area contributed by atoms with Crippen LogP contribution in [-0.4, -0.2) is 20.2 Å². The lowest BCUT2D eigenvalue weighted by atomic mass is 9.96. The van der Waals surface area contributed by atoms with Crippen molar-refractivity contribution in [1.82, 2.24) is 0 Å². The Hall–Kier alpha value is -3.24. The largest absolute Gasteiger partial charge is 0.488 e. The van der Waals surface area contributed by atoms with Crippen LogP contribution in [0.4, 0.5) is 0 Å². The number of fused-ring (bicyclic) bond motifs is 6. The lowest BCUT2D eigenvalue weighted by Crippen LogP contribution is -2.10. The van der Waals surface area contributed by atoms with Crippen molar-refractivity contribution < 1.29 is 18.9 Å². The lowest BCUT2D eigenvalue weighted by Gasteiger charge is -2.20. The Morgan fingerprint density at radius 3 is 1.81 bits per heavy atom. The molecule has 0 atom stereocenters. The second-order valence-electron chi connectivity index (χ2n) is 6.00. The number of ether oxygens (including phenoxy) is 4. The number of rotatable bonds is 3. The molecule has 0 aliphatic carbocycles. The molecule has 0 unspecified atom stereocenters. The summed E-state index contributed by atoms with van der Waals surface area (Å²) in [6, 6.07) is 21.8. The highest BCUT2D eigenvalue weighted by atomic mass is 16.7. The predicted molar refractivity (Wildman–Crippen MR) is 105 cm³/mol. The van der Waals surface area contributed by atoms with Crippen molar-refractivity contribution in [3.8, 4) is 39.5 Å². The highest BCUT2D eigenvalue weighted by Gasteiger charge is 2.19. The number of hydrogen-bond acceptors (Lipinski definition) is 4. The molecular weight excluding hydrogens is 340 g/mol. The lowest BCUT2D eigenvalue weighted by molar-refractivity contribution is -0.0533. The van der Waals surface area contributed by atoms with E-state index in [4.69, 9.17) is 18.9 Å². The van der Waals surface area contributed by atoms with Crippen LogP contribution >= 0.6 is 0 Å². The van der Waals surface area contributed by atoms with E-state index in [-0.39, 0.29) is 13.6 Å². The molecule has 0 saturated heterocycles. The van der Waals surface area contributed by atoms with Gasteiger partial charge in [0.15, 0.2) is 13.6 Å². The van der Waals surface area contributed by atoms with E-state index in [1.54, 1.807) is 6.08 Å². The summed E-state index contributed by atoms with van der Waals surface area (Å²) in [5.74, 6) is 2.23. The molecule has 0 spiro atoms. The molecule has 1 heterocycles. The topological polar surface area (TPSA) is 36.9 Å². The van der Waals surface area contributed by atoms with Crippen LogP contribution in [0.2, 0.25) is 0 Å². The van der Waals surface area contributed by atoms with E-state index in [9.17, 15) is 0 Å². The van der Waals surface area contributed by atoms with E-state index in [2.05, 4.69) is 6.58 Å². The quantitative estimate of drug-likeness (QED) is 0.595. The molecule has 0 saturated carbocycles. The molecule has 4 rings (SSSR count). The van der Waals surface area contributed by atoms with E-state index in [1.807, 2.05) is 66.7 Å². The third kappa shape index (κ3) is 3.52. The minimum absolute atomic E-state index is 0.0989. The van der Waals surface area contributed by atoms with E-state index in [1.165, 1.54) is 0 Å². The zero-order valence-corrected chi connectivity index (χ0v) is 14.9. The molecule has 1 aliphatic heterocycles. The highest BCUT2D eigenvalue weighted by Crippen LogP contribution is 2.44. The van der Waals surface area contributed by atoms with Crippen LogP contribution in [0.3, 0.4) is 0 Å². The SMILES string of the molecule is C=CCOc1c2cccc1-c1ccccc1OCOCOc1ccccc1-2. The van der Waals surface area contributed by atoms with Crippen molar-refractivity contribution in [3.63, 3.8) is 0 Å². The van der Waals surface area contributed by atoms with Crippen molar-refractivity contribution in [3.05, 3.63) is 79.4 Å². The third-order valence-electron chi connectivity index (χ3n) is 4.31. The standard InChI is InChI=1S/C23H20O4/c1-2-14-25-23-19-10-7-11-20(23)18-9-4-6-13-22(18)27-16-24-15-26-21-12-5-3-8-17(19)21/h2-13H,1,14-16H2. The molecule has 3 aromatic rings. The maximum Gasteiger partial charge on any atom is 0.192 e. The van der Waals surface area contributed by atoms with Gasteiger partial charge in [-0.05, 0) is 12.1 Å². The van der Waals surface area contributed by atoms with Gasteiger partial charge < -0.3 is 18.9 Å². The van der Waals surface area contributed by atoms with Crippen molar-refractivity contribution in [2.75, 3.05) is 20.2 Å². The Labute approximate surface area is 158 Å². The average Bonchev–Trinajstić information content (AvgIpc) is 2.72. The average molecular weight is 360 g/mol. The maximum absolute atomic E-state index is 6.12. The molecule has 0 amide bonds. The fourth-order valence-corrected chi connectivity index (χ4v) is 3.13. The van der Waals surface area contributed by atoms with Crippen LogP contribution in [0.5, 0.6) is 17.2 Å². The summed E-state index contributed by atoms with van der Waals surface area (Å²) in [5, 5.41) is 0. The summed E-state index contributed by atoms with van der Waals surface area (Å²) in [5.41, 5.74) is 3.78. The minimum atomic E-state index is 0.0989. The molecule has 27 heavy (non-hydrogen) atoms. The smallest absolute Gasteiger partial charge is 0.192 e. The molecule has 136 valence electrons. The first-order chi connectivity index (χ1) is 13.4. The van der Waals surface area contributed by atoms with Crippen LogP contribution in [0.15, 0.2) is 79.4 Å².